The lowest BCUT2D eigenvalue weighted by atomic mass is 10.3. The molecule has 0 aromatic carbocycles. The van der Waals surface area contributed by atoms with Crippen LogP contribution in [-0.2, 0) is 6.54 Å². The van der Waals surface area contributed by atoms with E-state index in [4.69, 9.17) is 12.2 Å². The molecule has 0 aliphatic rings. The summed E-state index contributed by atoms with van der Waals surface area (Å²) in [6.07, 6.45) is 3.18. The van der Waals surface area contributed by atoms with Crippen LogP contribution in [0.4, 0.5) is 0 Å². The van der Waals surface area contributed by atoms with Gasteiger partial charge in [-0.15, -0.1) is 0 Å². The van der Waals surface area contributed by atoms with Crippen LogP contribution in [0.3, 0.4) is 0 Å². The number of aromatic nitrogens is 2. The minimum Gasteiger partial charge on any atom is -0.494 e. The highest BCUT2D eigenvalue weighted by Crippen LogP contribution is 2.12. The molecular formula is C15H27N5O2S. The highest BCUT2D eigenvalue weighted by Gasteiger charge is 2.10. The number of aromatic amines is 1. The fourth-order valence-electron chi connectivity index (χ4n) is 2.14. The molecule has 1 aromatic rings. The summed E-state index contributed by atoms with van der Waals surface area (Å²) in [5, 5.41) is 14.3. The van der Waals surface area contributed by atoms with E-state index >= 15 is 0 Å². The van der Waals surface area contributed by atoms with E-state index in [-0.39, 0.29) is 16.2 Å². The molecule has 0 spiro atoms. The van der Waals surface area contributed by atoms with Crippen LogP contribution in [0.15, 0.2) is 9.90 Å². The van der Waals surface area contributed by atoms with Crippen molar-refractivity contribution in [1.29, 1.82) is 0 Å². The molecule has 0 saturated heterocycles. The summed E-state index contributed by atoms with van der Waals surface area (Å²) in [6, 6.07) is 0. The Hall–Kier alpha value is -1.67. The van der Waals surface area contributed by atoms with E-state index in [0.29, 0.717) is 13.1 Å². The minimum absolute atomic E-state index is 0.116. The van der Waals surface area contributed by atoms with E-state index in [0.717, 1.165) is 32.5 Å². The number of nitrogens with one attached hydrogen (secondary N) is 2. The third-order valence-electron chi connectivity index (χ3n) is 3.66. The van der Waals surface area contributed by atoms with Gasteiger partial charge in [-0.2, -0.15) is 5.10 Å². The first-order valence-electron chi connectivity index (χ1n) is 8.09. The standard InChI is InChI=1S/C15H27N5O2S/c1-4-7-9-20-14(22)12(13(21)18-15(20)23)11-17-16-8-10-19(5-2)6-3/h11,16,22H,4-10H2,1-3H3,(H,18,21,23)/b17-11+. The Morgan fingerprint density at radius 2 is 2.09 bits per heavy atom. The molecule has 0 unspecified atom stereocenters. The fourth-order valence-corrected chi connectivity index (χ4v) is 2.41. The van der Waals surface area contributed by atoms with Crippen molar-refractivity contribution in [3.63, 3.8) is 0 Å². The molecule has 3 N–H and O–H groups in total. The number of aromatic hydroxyl groups is 1. The third-order valence-corrected chi connectivity index (χ3v) is 3.98. The zero-order chi connectivity index (χ0) is 17.2. The Balaban J connectivity index is 2.78. The molecule has 0 radical (unpaired) electrons. The van der Waals surface area contributed by atoms with Gasteiger partial charge < -0.3 is 15.4 Å². The van der Waals surface area contributed by atoms with Crippen LogP contribution >= 0.6 is 12.2 Å². The number of nitrogens with zero attached hydrogens (tertiary/aromatic N) is 3. The molecule has 1 aromatic heterocycles. The van der Waals surface area contributed by atoms with E-state index in [9.17, 15) is 9.90 Å². The van der Waals surface area contributed by atoms with Gasteiger partial charge >= 0.3 is 0 Å². The zero-order valence-electron chi connectivity index (χ0n) is 14.1. The molecule has 7 nitrogen and oxygen atoms in total. The van der Waals surface area contributed by atoms with E-state index in [1.807, 2.05) is 0 Å². The summed E-state index contributed by atoms with van der Waals surface area (Å²) < 4.78 is 1.75. The van der Waals surface area contributed by atoms with Gasteiger partial charge in [-0.3, -0.25) is 14.3 Å². The second-order valence-electron chi connectivity index (χ2n) is 5.19. The zero-order valence-corrected chi connectivity index (χ0v) is 14.9. The second kappa shape index (κ2) is 10.2. The Labute approximate surface area is 142 Å². The summed E-state index contributed by atoms with van der Waals surface area (Å²) in [5.41, 5.74) is 2.57. The number of likely N-dealkylation sites (N-methyl/N-ethyl adjacent to an activating group) is 1. The summed E-state index contributed by atoms with van der Waals surface area (Å²) in [6.45, 7) is 10.3. The molecule has 23 heavy (non-hydrogen) atoms. The van der Waals surface area contributed by atoms with Crippen LogP contribution in [0, 0.1) is 4.77 Å². The quantitative estimate of drug-likeness (QED) is 0.261. The molecule has 0 amide bonds. The molecule has 8 heteroatoms. The van der Waals surface area contributed by atoms with Crippen LogP contribution in [-0.4, -0.2) is 52.0 Å². The first kappa shape index (κ1) is 19.4. The summed E-state index contributed by atoms with van der Waals surface area (Å²) in [4.78, 5) is 16.8. The summed E-state index contributed by atoms with van der Waals surface area (Å²) >= 11 is 5.09. The number of hydrazone groups is 1. The van der Waals surface area contributed by atoms with Crippen LogP contribution < -0.4 is 11.0 Å². The molecule has 0 saturated carbocycles. The predicted molar refractivity (Wildman–Crippen MR) is 95.8 cm³/mol. The number of rotatable bonds is 10. The number of hydrogen-bond acceptors (Lipinski definition) is 6. The Morgan fingerprint density at radius 1 is 1.39 bits per heavy atom. The van der Waals surface area contributed by atoms with Gasteiger partial charge in [0.1, 0.15) is 5.56 Å². The fraction of sp³-hybridized carbons (Fsp3) is 0.667. The van der Waals surface area contributed by atoms with Crippen molar-refractivity contribution in [1.82, 2.24) is 19.9 Å². The lowest BCUT2D eigenvalue weighted by molar-refractivity contribution is 0.303. The average molecular weight is 341 g/mol. The molecule has 1 rings (SSSR count). The van der Waals surface area contributed by atoms with Crippen molar-refractivity contribution in [2.24, 2.45) is 5.10 Å². The average Bonchev–Trinajstić information content (AvgIpc) is 2.53. The smallest absolute Gasteiger partial charge is 0.264 e. The highest BCUT2D eigenvalue weighted by atomic mass is 32.1. The molecular weight excluding hydrogens is 314 g/mol. The molecule has 0 aliphatic heterocycles. The van der Waals surface area contributed by atoms with Gasteiger partial charge in [-0.05, 0) is 31.7 Å². The molecule has 130 valence electrons. The van der Waals surface area contributed by atoms with Crippen molar-refractivity contribution in [2.75, 3.05) is 26.2 Å². The topological polar surface area (TPSA) is 85.7 Å². The summed E-state index contributed by atoms with van der Waals surface area (Å²) in [5.74, 6) is -0.138. The van der Waals surface area contributed by atoms with E-state index in [2.05, 4.69) is 41.2 Å². The van der Waals surface area contributed by atoms with Crippen molar-refractivity contribution in [3.05, 3.63) is 20.7 Å². The van der Waals surface area contributed by atoms with Gasteiger partial charge in [-0.25, -0.2) is 0 Å². The number of unbranched alkanes of at least 4 members (excludes halogenated alkanes) is 1. The lowest BCUT2D eigenvalue weighted by Crippen LogP contribution is -2.30. The van der Waals surface area contributed by atoms with Crippen LogP contribution in [0.1, 0.15) is 39.2 Å². The number of H-pyrrole nitrogens is 1. The van der Waals surface area contributed by atoms with Crippen molar-refractivity contribution in [2.45, 2.75) is 40.2 Å². The van der Waals surface area contributed by atoms with Crippen molar-refractivity contribution < 1.29 is 5.11 Å². The van der Waals surface area contributed by atoms with Gasteiger partial charge in [0.25, 0.3) is 5.56 Å². The van der Waals surface area contributed by atoms with Gasteiger partial charge in [0.15, 0.2) is 4.77 Å². The normalized spacial score (nSPS) is 11.5. The van der Waals surface area contributed by atoms with E-state index < -0.39 is 5.56 Å². The van der Waals surface area contributed by atoms with Gasteiger partial charge in [0, 0.05) is 19.6 Å². The maximum atomic E-state index is 11.9. The SMILES string of the molecule is CCCCn1c(O)c(/C=N/NCCN(CC)CC)c(=O)[nH]c1=S. The largest absolute Gasteiger partial charge is 0.494 e. The first-order chi connectivity index (χ1) is 11.0. The predicted octanol–water partition coefficient (Wildman–Crippen LogP) is 1.68. The Kier molecular flexibility index (Phi) is 8.57. The maximum absolute atomic E-state index is 11.9. The molecule has 0 fully saturated rings. The monoisotopic (exact) mass is 341 g/mol. The Morgan fingerprint density at radius 3 is 2.70 bits per heavy atom. The first-order valence-corrected chi connectivity index (χ1v) is 8.50. The van der Waals surface area contributed by atoms with Crippen molar-refractivity contribution >= 4 is 18.4 Å². The molecule has 0 aliphatic carbocycles. The van der Waals surface area contributed by atoms with Gasteiger partial charge in [-0.1, -0.05) is 27.2 Å². The second-order valence-corrected chi connectivity index (χ2v) is 5.58. The van der Waals surface area contributed by atoms with Crippen molar-refractivity contribution in [3.8, 4) is 5.88 Å². The third kappa shape index (κ3) is 5.80. The minimum atomic E-state index is -0.436. The van der Waals surface area contributed by atoms with Gasteiger partial charge in [0.2, 0.25) is 5.88 Å². The molecule has 0 atom stereocenters. The molecule has 0 bridgehead atoms. The van der Waals surface area contributed by atoms with E-state index in [1.54, 1.807) is 0 Å². The maximum Gasteiger partial charge on any atom is 0.264 e. The Bertz CT molecular complexity index is 619. The van der Waals surface area contributed by atoms with Crippen LogP contribution in [0.2, 0.25) is 0 Å². The van der Waals surface area contributed by atoms with Gasteiger partial charge in [0.05, 0.1) is 6.21 Å². The highest BCUT2D eigenvalue weighted by molar-refractivity contribution is 7.71. The molecule has 1 heterocycles. The lowest BCUT2D eigenvalue weighted by Gasteiger charge is -2.17. The van der Waals surface area contributed by atoms with Crippen LogP contribution in [0.5, 0.6) is 5.88 Å². The number of hydrogen-bond donors (Lipinski definition) is 3. The van der Waals surface area contributed by atoms with E-state index in [1.165, 1.54) is 10.8 Å². The summed E-state index contributed by atoms with van der Waals surface area (Å²) in [7, 11) is 0. The van der Waals surface area contributed by atoms with Crippen LogP contribution in [0.25, 0.3) is 0 Å².